The van der Waals surface area contributed by atoms with Crippen molar-refractivity contribution in [3.05, 3.63) is 89.7 Å². The maximum atomic E-state index is 14.1. The van der Waals surface area contributed by atoms with Gasteiger partial charge in [-0.25, -0.2) is 17.1 Å². The molecule has 3 amide bonds. The first-order chi connectivity index (χ1) is 19.7. The van der Waals surface area contributed by atoms with Crippen molar-refractivity contribution in [2.75, 3.05) is 31.7 Å². The van der Waals surface area contributed by atoms with E-state index in [1.165, 1.54) is 49.6 Å². The molecule has 5 rings (SSSR count). The quantitative estimate of drug-likeness (QED) is 0.412. The number of hydrogen-bond donors (Lipinski definition) is 1. The van der Waals surface area contributed by atoms with Gasteiger partial charge in [-0.3, -0.25) is 19.3 Å². The minimum Gasteiger partial charge on any atom is -0.495 e. The number of carbonyl (C=O) groups is 3. The highest BCUT2D eigenvalue weighted by Crippen LogP contribution is 2.36. The van der Waals surface area contributed by atoms with Crippen LogP contribution in [0, 0.1) is 5.82 Å². The maximum absolute atomic E-state index is 14.1. The van der Waals surface area contributed by atoms with Gasteiger partial charge in [-0.15, -0.1) is 0 Å². The molecule has 3 aromatic rings. The van der Waals surface area contributed by atoms with Crippen molar-refractivity contribution in [2.24, 2.45) is 0 Å². The van der Waals surface area contributed by atoms with Gasteiger partial charge in [-0.1, -0.05) is 36.4 Å². The van der Waals surface area contributed by atoms with Crippen molar-refractivity contribution in [2.45, 2.75) is 29.9 Å². The summed E-state index contributed by atoms with van der Waals surface area (Å²) in [6.07, 6.45) is 1.41. The summed E-state index contributed by atoms with van der Waals surface area (Å²) in [5.41, 5.74) is 0.367. The van der Waals surface area contributed by atoms with Gasteiger partial charge in [0.25, 0.3) is 15.9 Å². The largest absolute Gasteiger partial charge is 0.495 e. The van der Waals surface area contributed by atoms with E-state index in [2.05, 4.69) is 5.32 Å². The number of para-hydroxylation sites is 2. The van der Waals surface area contributed by atoms with Crippen LogP contribution in [0.3, 0.4) is 0 Å². The second-order valence-corrected chi connectivity index (χ2v) is 11.4. The molecule has 2 aliphatic heterocycles. The van der Waals surface area contributed by atoms with Gasteiger partial charge in [0, 0.05) is 13.2 Å². The molecule has 2 heterocycles. The molecule has 0 spiro atoms. The van der Waals surface area contributed by atoms with E-state index >= 15 is 0 Å². The first-order valence-electron chi connectivity index (χ1n) is 13.0. The van der Waals surface area contributed by atoms with Crippen LogP contribution in [-0.4, -0.2) is 63.4 Å². The molecule has 0 saturated carbocycles. The summed E-state index contributed by atoms with van der Waals surface area (Å²) in [4.78, 5) is 41.9. The van der Waals surface area contributed by atoms with Crippen LogP contribution < -0.4 is 15.0 Å². The summed E-state index contributed by atoms with van der Waals surface area (Å²) in [5.74, 6) is -2.66. The molecular formula is C29H28FN3O7S. The van der Waals surface area contributed by atoms with Crippen LogP contribution in [-0.2, 0) is 24.3 Å². The van der Waals surface area contributed by atoms with E-state index in [4.69, 9.17) is 9.47 Å². The molecule has 1 fully saturated rings. The number of fused-ring (bicyclic) bond motifs is 1. The van der Waals surface area contributed by atoms with Crippen LogP contribution in [0.15, 0.2) is 77.7 Å². The van der Waals surface area contributed by atoms with Crippen LogP contribution in [0.4, 0.5) is 10.1 Å². The molecular weight excluding hydrogens is 553 g/mol. The van der Waals surface area contributed by atoms with Gasteiger partial charge in [0.2, 0.25) is 11.8 Å². The first kappa shape index (κ1) is 28.2. The SMILES string of the molecule is COc1ccccc1N(C(=O)CN1C(=O)c2ccccc2S1(=O)=O)[C@@H](C(=O)NC[C@@H]1CCCO1)c1ccc(F)cc1. The number of rotatable bonds is 9. The third kappa shape index (κ3) is 5.52. The number of halogens is 1. The van der Waals surface area contributed by atoms with E-state index in [0.717, 1.165) is 29.9 Å². The van der Waals surface area contributed by atoms with Crippen LogP contribution in [0.5, 0.6) is 5.75 Å². The summed E-state index contributed by atoms with van der Waals surface area (Å²) in [6, 6.07) is 15.8. The lowest BCUT2D eigenvalue weighted by molar-refractivity contribution is -0.127. The zero-order valence-corrected chi connectivity index (χ0v) is 23.0. The number of methoxy groups -OCH3 is 1. The zero-order valence-electron chi connectivity index (χ0n) is 22.2. The van der Waals surface area contributed by atoms with Gasteiger partial charge in [0.1, 0.15) is 29.0 Å². The Morgan fingerprint density at radius 2 is 1.80 bits per heavy atom. The normalized spacial score (nSPS) is 18.0. The number of anilines is 1. The highest BCUT2D eigenvalue weighted by atomic mass is 32.2. The Labute approximate surface area is 236 Å². The van der Waals surface area contributed by atoms with E-state index in [0.29, 0.717) is 10.9 Å². The van der Waals surface area contributed by atoms with Gasteiger partial charge < -0.3 is 14.8 Å². The molecule has 2 aliphatic rings. The zero-order chi connectivity index (χ0) is 29.1. The minimum absolute atomic E-state index is 0.0477. The number of ether oxygens (including phenoxy) is 2. The summed E-state index contributed by atoms with van der Waals surface area (Å²) in [7, 11) is -2.94. The third-order valence-corrected chi connectivity index (χ3v) is 8.81. The molecule has 3 aromatic carbocycles. The summed E-state index contributed by atoms with van der Waals surface area (Å²) >= 11 is 0. The number of benzene rings is 3. The highest BCUT2D eigenvalue weighted by Gasteiger charge is 2.44. The number of sulfonamides is 1. The lowest BCUT2D eigenvalue weighted by Gasteiger charge is -2.33. The van der Waals surface area contributed by atoms with Crippen LogP contribution in [0.25, 0.3) is 0 Å². The van der Waals surface area contributed by atoms with Crippen LogP contribution in [0.2, 0.25) is 0 Å². The van der Waals surface area contributed by atoms with Gasteiger partial charge in [-0.05, 0) is 54.8 Å². The van der Waals surface area contributed by atoms with E-state index in [-0.39, 0.29) is 40.1 Å². The first-order valence-corrected chi connectivity index (χ1v) is 14.4. The molecule has 0 aromatic heterocycles. The lowest BCUT2D eigenvalue weighted by atomic mass is 10.0. The molecule has 1 saturated heterocycles. The molecule has 0 radical (unpaired) electrons. The predicted octanol–water partition coefficient (Wildman–Crippen LogP) is 3.05. The Bertz CT molecular complexity index is 1570. The van der Waals surface area contributed by atoms with E-state index in [9.17, 15) is 27.2 Å². The Hall–Kier alpha value is -4.29. The van der Waals surface area contributed by atoms with Crippen molar-refractivity contribution in [1.29, 1.82) is 0 Å². The third-order valence-electron chi connectivity index (χ3n) is 7.02. The fraction of sp³-hybridized carbons (Fsp3) is 0.276. The molecule has 12 heteroatoms. The smallest absolute Gasteiger partial charge is 0.269 e. The summed E-state index contributed by atoms with van der Waals surface area (Å²) in [5, 5.41) is 2.82. The lowest BCUT2D eigenvalue weighted by Crippen LogP contribution is -2.49. The van der Waals surface area contributed by atoms with E-state index < -0.39 is 46.1 Å². The van der Waals surface area contributed by atoms with Crippen molar-refractivity contribution in [1.82, 2.24) is 9.62 Å². The van der Waals surface area contributed by atoms with Gasteiger partial charge in [-0.2, -0.15) is 0 Å². The molecule has 0 aliphatic carbocycles. The standard InChI is InChI=1S/C29H28FN3O7S/c1-39-24-10-4-3-9-23(24)33(26(34)18-32-29(36)22-8-2-5-11-25(22)41(32,37)38)27(19-12-14-20(30)15-13-19)28(35)31-17-21-7-6-16-40-21/h2-5,8-15,21,27H,6-7,16-18H2,1H3,(H,31,35)/t21-,27+/m0/s1. The molecule has 0 bridgehead atoms. The van der Waals surface area contributed by atoms with Crippen LogP contribution in [0.1, 0.15) is 34.8 Å². The molecule has 41 heavy (non-hydrogen) atoms. The predicted molar refractivity (Wildman–Crippen MR) is 146 cm³/mol. The molecule has 1 N–H and O–H groups in total. The number of nitrogens with zero attached hydrogens (tertiary/aromatic N) is 2. The second kappa shape index (κ2) is 11.7. The number of amides is 3. The summed E-state index contributed by atoms with van der Waals surface area (Å²) < 4.78 is 52.0. The molecule has 2 atom stereocenters. The topological polar surface area (TPSA) is 122 Å². The fourth-order valence-corrected chi connectivity index (χ4v) is 6.53. The van der Waals surface area contributed by atoms with Gasteiger partial charge in [0.15, 0.2) is 0 Å². The van der Waals surface area contributed by atoms with Crippen molar-refractivity contribution in [3.63, 3.8) is 0 Å². The Morgan fingerprint density at radius 3 is 2.49 bits per heavy atom. The van der Waals surface area contributed by atoms with Gasteiger partial charge >= 0.3 is 0 Å². The molecule has 0 unspecified atom stereocenters. The minimum atomic E-state index is -4.32. The average Bonchev–Trinajstić information content (AvgIpc) is 3.57. The van der Waals surface area contributed by atoms with Gasteiger partial charge in [0.05, 0.1) is 24.5 Å². The average molecular weight is 582 g/mol. The van der Waals surface area contributed by atoms with E-state index in [1.54, 1.807) is 18.2 Å². The van der Waals surface area contributed by atoms with Crippen molar-refractivity contribution >= 4 is 33.4 Å². The molecule has 214 valence electrons. The second-order valence-electron chi connectivity index (χ2n) is 9.58. The number of hydrogen-bond acceptors (Lipinski definition) is 7. The number of carbonyl (C=O) groups excluding carboxylic acids is 3. The molecule has 10 nitrogen and oxygen atoms in total. The Balaban J connectivity index is 1.57. The fourth-order valence-electron chi connectivity index (χ4n) is 5.01. The monoisotopic (exact) mass is 581 g/mol. The summed E-state index contributed by atoms with van der Waals surface area (Å²) in [6.45, 7) is -0.127. The van der Waals surface area contributed by atoms with Crippen molar-refractivity contribution < 1.29 is 36.7 Å². The number of nitrogens with one attached hydrogen (secondary N) is 1. The Kier molecular flexibility index (Phi) is 8.04. The van der Waals surface area contributed by atoms with E-state index in [1.807, 2.05) is 0 Å². The Morgan fingerprint density at radius 1 is 1.10 bits per heavy atom. The van der Waals surface area contributed by atoms with Crippen LogP contribution >= 0.6 is 0 Å². The van der Waals surface area contributed by atoms with Crippen molar-refractivity contribution in [3.8, 4) is 5.75 Å². The highest BCUT2D eigenvalue weighted by molar-refractivity contribution is 7.90. The maximum Gasteiger partial charge on any atom is 0.269 e.